The van der Waals surface area contributed by atoms with Gasteiger partial charge < -0.3 is 38.1 Å². The van der Waals surface area contributed by atoms with Crippen molar-refractivity contribution in [3.8, 4) is 11.6 Å². The van der Waals surface area contributed by atoms with Crippen molar-refractivity contribution in [2.75, 3.05) is 60.3 Å². The summed E-state index contributed by atoms with van der Waals surface area (Å²) in [4.78, 5) is 50.7. The highest BCUT2D eigenvalue weighted by Crippen LogP contribution is 2.61. The van der Waals surface area contributed by atoms with E-state index in [0.717, 1.165) is 18.5 Å². The van der Waals surface area contributed by atoms with Crippen molar-refractivity contribution in [1.29, 1.82) is 0 Å². The van der Waals surface area contributed by atoms with Crippen molar-refractivity contribution in [3.63, 3.8) is 0 Å². The molecule has 13 nitrogen and oxygen atoms in total. The Kier molecular flexibility index (Phi) is 11.6. The van der Waals surface area contributed by atoms with Gasteiger partial charge in [0.15, 0.2) is 19.7 Å². The van der Waals surface area contributed by atoms with Crippen LogP contribution in [0.15, 0.2) is 22.2 Å². The monoisotopic (exact) mass is 782 g/mol. The van der Waals surface area contributed by atoms with Crippen molar-refractivity contribution in [2.45, 2.75) is 103 Å². The first-order valence-corrected chi connectivity index (χ1v) is 22.2. The number of hydrogen-bond acceptors (Lipinski definition) is 13. The number of fused-ring (bicyclic) bond motifs is 4. The number of nitrogens with zero attached hydrogens (tertiary/aromatic N) is 4. The van der Waals surface area contributed by atoms with E-state index in [2.05, 4.69) is 25.9 Å². The second-order valence-corrected chi connectivity index (χ2v) is 23.2. The van der Waals surface area contributed by atoms with E-state index in [-0.39, 0.29) is 34.1 Å². The first kappa shape index (κ1) is 42.4. The molecule has 1 aromatic heterocycles. The number of rotatable bonds is 11. The summed E-state index contributed by atoms with van der Waals surface area (Å²) >= 11 is 0. The van der Waals surface area contributed by atoms with Gasteiger partial charge in [0.05, 0.1) is 18.2 Å². The zero-order valence-corrected chi connectivity index (χ0v) is 36.5. The van der Waals surface area contributed by atoms with Gasteiger partial charge in [-0.3, -0.25) is 14.5 Å². The molecule has 0 bridgehead atoms. The van der Waals surface area contributed by atoms with Crippen LogP contribution < -0.4 is 14.4 Å². The van der Waals surface area contributed by atoms with E-state index in [0.29, 0.717) is 30.9 Å². The molecule has 0 aliphatic heterocycles. The lowest BCUT2D eigenvalue weighted by Crippen LogP contribution is -2.71. The number of aromatic nitrogens is 1. The van der Waals surface area contributed by atoms with Crippen LogP contribution in [-0.2, 0) is 20.4 Å². The Morgan fingerprint density at radius 3 is 2.22 bits per heavy atom. The van der Waals surface area contributed by atoms with Crippen LogP contribution in [0.1, 0.15) is 94.6 Å². The molecule has 14 heteroatoms. The van der Waals surface area contributed by atoms with Gasteiger partial charge >= 0.3 is 6.16 Å². The molecule has 3 aliphatic rings. The minimum absolute atomic E-state index is 0.0342. The second-order valence-electron chi connectivity index (χ2n) is 18.5. The van der Waals surface area contributed by atoms with Crippen LogP contribution in [0.2, 0.25) is 18.1 Å². The molecule has 1 N–H and O–H groups in total. The molecule has 1 fully saturated rings. The average molecular weight is 783 g/mol. The number of ether oxygens (including phenoxy) is 3. The molecular weight excluding hydrogens is 721 g/mol. The van der Waals surface area contributed by atoms with Gasteiger partial charge in [0.25, 0.3) is 5.88 Å². The molecule has 1 saturated carbocycles. The van der Waals surface area contributed by atoms with Crippen molar-refractivity contribution < 1.29 is 42.6 Å². The van der Waals surface area contributed by atoms with Crippen LogP contribution in [0.5, 0.6) is 11.6 Å². The highest BCUT2D eigenvalue weighted by atomic mass is 28.4. The van der Waals surface area contributed by atoms with E-state index in [9.17, 15) is 9.90 Å². The lowest BCUT2D eigenvalue weighted by molar-refractivity contribution is -0.147. The molecule has 1 aromatic carbocycles. The predicted molar refractivity (Wildman–Crippen MR) is 214 cm³/mol. The Morgan fingerprint density at radius 1 is 1.02 bits per heavy atom. The molecule has 0 unspecified atom stereocenters. The second kappa shape index (κ2) is 15.0. The maximum absolute atomic E-state index is 16.0. The summed E-state index contributed by atoms with van der Waals surface area (Å²) < 4.78 is 30.8. The van der Waals surface area contributed by atoms with Crippen molar-refractivity contribution in [1.82, 2.24) is 15.0 Å². The molecule has 0 amide bonds. The van der Waals surface area contributed by atoms with Crippen molar-refractivity contribution >= 4 is 37.5 Å². The number of carbonyl (C=O) groups excluding carboxylic acids is 3. The van der Waals surface area contributed by atoms with Gasteiger partial charge in [-0.1, -0.05) is 34.1 Å². The molecule has 0 spiro atoms. The predicted octanol–water partition coefficient (Wildman–Crippen LogP) is 7.31. The number of unbranched alkanes of at least 4 members (excludes halogenated alkanes) is 1. The zero-order valence-electron chi connectivity index (χ0n) is 35.5. The summed E-state index contributed by atoms with van der Waals surface area (Å²) in [7, 11) is 8.55. The number of aliphatic hydroxyl groups excluding tert-OH is 1. The molecule has 5 atom stereocenters. The average Bonchev–Trinajstić information content (AvgIpc) is 3.45. The lowest BCUT2D eigenvalue weighted by atomic mass is 9.52. The van der Waals surface area contributed by atoms with E-state index in [1.807, 2.05) is 83.1 Å². The zero-order chi connectivity index (χ0) is 41.2. The molecule has 0 saturated heterocycles. The molecular formula is C41H62N4O9Si. The van der Waals surface area contributed by atoms with Crippen LogP contribution >= 0.6 is 0 Å². The molecule has 55 heavy (non-hydrogen) atoms. The van der Waals surface area contributed by atoms with E-state index in [1.54, 1.807) is 26.8 Å². The van der Waals surface area contributed by atoms with Gasteiger partial charge in [-0.2, -0.15) is 0 Å². The number of Topliss-reactive ketones (excluding diaryl/α,β-unsaturated/α-hetero) is 2. The molecule has 1 heterocycles. The fraction of sp³-hybridized carbons (Fsp3) is 0.659. The third-order valence-electron chi connectivity index (χ3n) is 11.6. The Morgan fingerprint density at radius 2 is 1.67 bits per heavy atom. The Balaban J connectivity index is 1.88. The quantitative estimate of drug-likeness (QED) is 0.0801. The summed E-state index contributed by atoms with van der Waals surface area (Å²) in [5.74, 6) is -2.84. The molecule has 0 radical (unpaired) electrons. The first-order valence-electron chi connectivity index (χ1n) is 19.3. The third-order valence-corrected chi connectivity index (χ3v) is 16.0. The Labute approximate surface area is 327 Å². The SMILES string of the molecule is CCCCOc1noc2c1C(=O)[C@@]1(O[Si](C)(C)C(C)(C)C)C(=O)C3=C(O)c4c(OC(=O)OC(C)(C)C)ccc(N(C)C)c4C[C@H]3[C@@H](CN(C)C)[C@H]1[C@@H]2N(C)C. The summed E-state index contributed by atoms with van der Waals surface area (Å²) in [5.41, 5.74) is -1.03. The molecule has 5 rings (SSSR count). The summed E-state index contributed by atoms with van der Waals surface area (Å²) in [5, 5.41) is 16.5. The minimum atomic E-state index is -2.97. The number of hydrogen-bond donors (Lipinski definition) is 1. The van der Waals surface area contributed by atoms with Crippen LogP contribution in [-0.4, -0.2) is 113 Å². The van der Waals surface area contributed by atoms with E-state index in [4.69, 9.17) is 23.2 Å². The number of anilines is 1. The van der Waals surface area contributed by atoms with Crippen LogP contribution in [0.4, 0.5) is 10.5 Å². The van der Waals surface area contributed by atoms with Crippen molar-refractivity contribution in [3.05, 3.63) is 40.2 Å². The third kappa shape index (κ3) is 7.47. The maximum Gasteiger partial charge on any atom is 0.514 e. The summed E-state index contributed by atoms with van der Waals surface area (Å²) in [6.45, 7) is 18.2. The smallest absolute Gasteiger partial charge is 0.507 e. The Hall–Kier alpha value is -3.72. The number of aliphatic hydroxyl groups is 1. The van der Waals surface area contributed by atoms with Gasteiger partial charge in [0, 0.05) is 37.8 Å². The molecule has 304 valence electrons. The number of ketones is 2. The maximum atomic E-state index is 16.0. The minimum Gasteiger partial charge on any atom is -0.507 e. The van der Waals surface area contributed by atoms with E-state index < -0.39 is 66.1 Å². The molecule has 2 aromatic rings. The van der Waals surface area contributed by atoms with Gasteiger partial charge in [-0.05, 0) is 115 Å². The van der Waals surface area contributed by atoms with Crippen LogP contribution in [0.25, 0.3) is 5.76 Å². The Bertz CT molecular complexity index is 1850. The van der Waals surface area contributed by atoms with Crippen LogP contribution in [0, 0.1) is 17.8 Å². The van der Waals surface area contributed by atoms with Crippen LogP contribution in [0.3, 0.4) is 0 Å². The summed E-state index contributed by atoms with van der Waals surface area (Å²) in [6.07, 6.45) is 0.964. The van der Waals surface area contributed by atoms with Gasteiger partial charge in [0.1, 0.15) is 22.7 Å². The fourth-order valence-corrected chi connectivity index (χ4v) is 9.66. The van der Waals surface area contributed by atoms with Gasteiger partial charge in [0.2, 0.25) is 11.6 Å². The van der Waals surface area contributed by atoms with Gasteiger partial charge in [-0.25, -0.2) is 4.79 Å². The van der Waals surface area contributed by atoms with Crippen molar-refractivity contribution in [2.24, 2.45) is 17.8 Å². The number of carbonyl (C=O) groups is 3. The topological polar surface area (TPSA) is 144 Å². The highest BCUT2D eigenvalue weighted by Gasteiger charge is 2.71. The van der Waals surface area contributed by atoms with Gasteiger partial charge in [-0.15, -0.1) is 0 Å². The summed E-state index contributed by atoms with van der Waals surface area (Å²) in [6, 6.07) is 2.81. The lowest BCUT2D eigenvalue weighted by Gasteiger charge is -2.58. The number of benzene rings is 1. The molecule has 3 aliphatic carbocycles. The van der Waals surface area contributed by atoms with E-state index in [1.165, 1.54) is 0 Å². The highest BCUT2D eigenvalue weighted by molar-refractivity contribution is 6.74. The first-order chi connectivity index (χ1) is 25.4. The van der Waals surface area contributed by atoms with E-state index >= 15 is 9.59 Å². The largest absolute Gasteiger partial charge is 0.514 e. The standard InChI is InChI=1S/C41H62N4O9Si/c1-16-17-20-50-37-30-34(53-42-37)32(45(12)13)31-25(22-43(8)9)23-21-24-26(44(10)11)18-19-27(51-38(49)52-39(2,3)4)28(24)33(46)29(23)35(47)41(31,36(30)48)54-55(14,15)40(5,6)7/h18-19,23,25,31-32,46H,16-17,20-22H2,1-15H3/t23-,25+,31-,32-,41-/m0/s1. The normalized spacial score (nSPS) is 24.0. The fourth-order valence-electron chi connectivity index (χ4n) is 8.23.